The molecule has 0 spiro atoms. The van der Waals surface area contributed by atoms with Crippen LogP contribution in [-0.2, 0) is 11.3 Å². The smallest absolute Gasteiger partial charge is 0.234 e. The van der Waals surface area contributed by atoms with Gasteiger partial charge in [-0.2, -0.15) is 0 Å². The molecule has 5 nitrogen and oxygen atoms in total. The normalized spacial score (nSPS) is 10.5. The van der Waals surface area contributed by atoms with Crippen LogP contribution in [-0.4, -0.2) is 47.1 Å². The number of carbonyl (C=O) groups is 1. The summed E-state index contributed by atoms with van der Waals surface area (Å²) in [6.45, 7) is 4.12. The number of hydrogen-bond acceptors (Lipinski definition) is 4. The summed E-state index contributed by atoms with van der Waals surface area (Å²) in [7, 11) is 0. The molecule has 0 saturated heterocycles. The van der Waals surface area contributed by atoms with Crippen LogP contribution in [0.4, 0.5) is 0 Å². The molecule has 0 aromatic carbocycles. The SMILES string of the molecule is CCN(CCO)CC(=O)NCc1cccnc1. The molecule has 1 rings (SSSR count). The quantitative estimate of drug-likeness (QED) is 0.701. The highest BCUT2D eigenvalue weighted by Crippen LogP contribution is 1.94. The second-order valence-corrected chi connectivity index (χ2v) is 3.73. The number of aromatic nitrogens is 1. The Balaban J connectivity index is 2.30. The van der Waals surface area contributed by atoms with Crippen LogP contribution < -0.4 is 5.32 Å². The number of nitrogens with one attached hydrogen (secondary N) is 1. The predicted molar refractivity (Wildman–Crippen MR) is 65.3 cm³/mol. The molecule has 94 valence electrons. The molecule has 2 N–H and O–H groups in total. The Morgan fingerprint density at radius 3 is 3.00 bits per heavy atom. The topological polar surface area (TPSA) is 65.5 Å². The molecular weight excluding hydrogens is 218 g/mol. The van der Waals surface area contributed by atoms with Crippen LogP contribution in [0.25, 0.3) is 0 Å². The Hall–Kier alpha value is -1.46. The van der Waals surface area contributed by atoms with Gasteiger partial charge in [-0.25, -0.2) is 0 Å². The van der Waals surface area contributed by atoms with E-state index in [0.717, 1.165) is 12.1 Å². The fraction of sp³-hybridized carbons (Fsp3) is 0.500. The van der Waals surface area contributed by atoms with Crippen molar-refractivity contribution in [3.63, 3.8) is 0 Å². The van der Waals surface area contributed by atoms with E-state index in [1.54, 1.807) is 12.4 Å². The minimum atomic E-state index is -0.0378. The van der Waals surface area contributed by atoms with Crippen LogP contribution in [0.15, 0.2) is 24.5 Å². The summed E-state index contributed by atoms with van der Waals surface area (Å²) in [5, 5.41) is 11.6. The summed E-state index contributed by atoms with van der Waals surface area (Å²) in [5.41, 5.74) is 0.978. The van der Waals surface area contributed by atoms with E-state index in [4.69, 9.17) is 5.11 Å². The first kappa shape index (κ1) is 13.6. The summed E-state index contributed by atoms with van der Waals surface area (Å²) in [6, 6.07) is 3.75. The van der Waals surface area contributed by atoms with Gasteiger partial charge in [0, 0.05) is 25.5 Å². The lowest BCUT2D eigenvalue weighted by Gasteiger charge is -2.18. The number of carbonyl (C=O) groups excluding carboxylic acids is 1. The van der Waals surface area contributed by atoms with Crippen LogP contribution in [0, 0.1) is 0 Å². The van der Waals surface area contributed by atoms with Crippen molar-refractivity contribution in [2.24, 2.45) is 0 Å². The van der Waals surface area contributed by atoms with E-state index >= 15 is 0 Å². The van der Waals surface area contributed by atoms with Crippen molar-refractivity contribution in [3.8, 4) is 0 Å². The third kappa shape index (κ3) is 5.42. The van der Waals surface area contributed by atoms with Gasteiger partial charge < -0.3 is 10.4 Å². The van der Waals surface area contributed by atoms with Crippen molar-refractivity contribution in [2.45, 2.75) is 13.5 Å². The highest BCUT2D eigenvalue weighted by molar-refractivity contribution is 5.77. The minimum Gasteiger partial charge on any atom is -0.395 e. The van der Waals surface area contributed by atoms with Crippen molar-refractivity contribution >= 4 is 5.91 Å². The maximum Gasteiger partial charge on any atom is 0.234 e. The zero-order valence-corrected chi connectivity index (χ0v) is 10.1. The number of aliphatic hydroxyl groups is 1. The highest BCUT2D eigenvalue weighted by atomic mass is 16.3. The molecule has 1 aromatic rings. The average Bonchev–Trinajstić information content (AvgIpc) is 2.37. The number of likely N-dealkylation sites (N-methyl/N-ethyl adjacent to an activating group) is 1. The molecule has 0 atom stereocenters. The fourth-order valence-electron chi connectivity index (χ4n) is 1.45. The number of pyridine rings is 1. The zero-order valence-electron chi connectivity index (χ0n) is 10.1. The molecular formula is C12H19N3O2. The summed E-state index contributed by atoms with van der Waals surface area (Å²) in [4.78, 5) is 17.5. The van der Waals surface area contributed by atoms with Crippen LogP contribution in [0.5, 0.6) is 0 Å². The lowest BCUT2D eigenvalue weighted by atomic mass is 10.3. The Morgan fingerprint density at radius 1 is 1.59 bits per heavy atom. The third-order valence-corrected chi connectivity index (χ3v) is 2.44. The molecule has 1 amide bonds. The van der Waals surface area contributed by atoms with Gasteiger partial charge in [-0.3, -0.25) is 14.7 Å². The molecule has 0 unspecified atom stereocenters. The second kappa shape index (κ2) is 7.76. The van der Waals surface area contributed by atoms with Gasteiger partial charge in [0.15, 0.2) is 0 Å². The van der Waals surface area contributed by atoms with E-state index in [2.05, 4.69) is 10.3 Å². The van der Waals surface area contributed by atoms with Crippen molar-refractivity contribution < 1.29 is 9.90 Å². The van der Waals surface area contributed by atoms with Gasteiger partial charge in [-0.15, -0.1) is 0 Å². The first-order valence-corrected chi connectivity index (χ1v) is 5.75. The Morgan fingerprint density at radius 2 is 2.41 bits per heavy atom. The van der Waals surface area contributed by atoms with Crippen LogP contribution in [0.2, 0.25) is 0 Å². The molecule has 0 saturated carbocycles. The van der Waals surface area contributed by atoms with Crippen LogP contribution in [0.3, 0.4) is 0 Å². The summed E-state index contributed by atoms with van der Waals surface area (Å²) >= 11 is 0. The summed E-state index contributed by atoms with van der Waals surface area (Å²) in [6.07, 6.45) is 3.43. The van der Waals surface area contributed by atoms with Gasteiger partial charge in [0.05, 0.1) is 13.2 Å². The van der Waals surface area contributed by atoms with E-state index in [-0.39, 0.29) is 12.5 Å². The largest absolute Gasteiger partial charge is 0.395 e. The Labute approximate surface area is 101 Å². The molecule has 17 heavy (non-hydrogen) atoms. The minimum absolute atomic E-state index is 0.0378. The summed E-state index contributed by atoms with van der Waals surface area (Å²) in [5.74, 6) is -0.0378. The van der Waals surface area contributed by atoms with E-state index in [0.29, 0.717) is 19.6 Å². The van der Waals surface area contributed by atoms with Gasteiger partial charge in [0.2, 0.25) is 5.91 Å². The number of nitrogens with zero attached hydrogens (tertiary/aromatic N) is 2. The molecule has 0 bridgehead atoms. The van der Waals surface area contributed by atoms with Gasteiger partial charge >= 0.3 is 0 Å². The van der Waals surface area contributed by atoms with Gasteiger partial charge in [-0.05, 0) is 18.2 Å². The highest BCUT2D eigenvalue weighted by Gasteiger charge is 2.07. The van der Waals surface area contributed by atoms with Crippen LogP contribution in [0.1, 0.15) is 12.5 Å². The van der Waals surface area contributed by atoms with Crippen LogP contribution >= 0.6 is 0 Å². The Bertz CT molecular complexity index is 330. The number of amides is 1. The maximum absolute atomic E-state index is 11.6. The first-order chi connectivity index (χ1) is 8.26. The first-order valence-electron chi connectivity index (χ1n) is 5.75. The average molecular weight is 237 g/mol. The lowest BCUT2D eigenvalue weighted by molar-refractivity contribution is -0.122. The molecule has 0 aliphatic heterocycles. The Kier molecular flexibility index (Phi) is 6.21. The monoisotopic (exact) mass is 237 g/mol. The zero-order chi connectivity index (χ0) is 12.5. The molecule has 0 aliphatic carbocycles. The van der Waals surface area contributed by atoms with Crippen molar-refractivity contribution in [2.75, 3.05) is 26.2 Å². The van der Waals surface area contributed by atoms with E-state index in [1.807, 2.05) is 24.0 Å². The standard InChI is InChI=1S/C12H19N3O2/c1-2-15(6-7-16)10-12(17)14-9-11-4-3-5-13-8-11/h3-5,8,16H,2,6-7,9-10H2,1H3,(H,14,17). The molecule has 1 heterocycles. The van der Waals surface area contributed by atoms with Gasteiger partial charge in [0.1, 0.15) is 0 Å². The summed E-state index contributed by atoms with van der Waals surface area (Å²) < 4.78 is 0. The van der Waals surface area contributed by atoms with Gasteiger partial charge in [0.25, 0.3) is 0 Å². The van der Waals surface area contributed by atoms with E-state index in [9.17, 15) is 4.79 Å². The second-order valence-electron chi connectivity index (χ2n) is 3.73. The third-order valence-electron chi connectivity index (χ3n) is 2.44. The molecule has 5 heteroatoms. The molecule has 0 radical (unpaired) electrons. The van der Waals surface area contributed by atoms with E-state index < -0.39 is 0 Å². The fourth-order valence-corrected chi connectivity index (χ4v) is 1.45. The molecule has 0 aliphatic rings. The van der Waals surface area contributed by atoms with E-state index in [1.165, 1.54) is 0 Å². The van der Waals surface area contributed by atoms with Crippen molar-refractivity contribution in [1.29, 1.82) is 0 Å². The lowest BCUT2D eigenvalue weighted by Crippen LogP contribution is -2.38. The molecule has 1 aromatic heterocycles. The predicted octanol–water partition coefficient (Wildman–Crippen LogP) is 0.0120. The molecule has 0 fully saturated rings. The number of rotatable bonds is 7. The van der Waals surface area contributed by atoms with Crippen molar-refractivity contribution in [3.05, 3.63) is 30.1 Å². The van der Waals surface area contributed by atoms with Gasteiger partial charge in [-0.1, -0.05) is 13.0 Å². The number of aliphatic hydroxyl groups excluding tert-OH is 1. The number of hydrogen-bond donors (Lipinski definition) is 2. The maximum atomic E-state index is 11.6. The van der Waals surface area contributed by atoms with Crippen molar-refractivity contribution in [1.82, 2.24) is 15.2 Å².